The number of carbonyl (C=O) groups excluding carboxylic acids is 1. The summed E-state index contributed by atoms with van der Waals surface area (Å²) in [5, 5.41) is 3.23. The Bertz CT molecular complexity index is 1100. The number of amides is 1. The van der Waals surface area contributed by atoms with Gasteiger partial charge in [0.25, 0.3) is 0 Å². The van der Waals surface area contributed by atoms with E-state index in [0.717, 1.165) is 22.4 Å². The number of rotatable bonds is 4. The van der Waals surface area contributed by atoms with Crippen molar-refractivity contribution in [3.63, 3.8) is 0 Å². The van der Waals surface area contributed by atoms with Gasteiger partial charge in [0.15, 0.2) is 0 Å². The monoisotopic (exact) mass is 456 g/mol. The highest BCUT2D eigenvalue weighted by atomic mass is 32.2. The Kier molecular flexibility index (Phi) is 6.07. The first-order valence-electron chi connectivity index (χ1n) is 11.2. The highest BCUT2D eigenvalue weighted by molar-refractivity contribution is 7.89. The summed E-state index contributed by atoms with van der Waals surface area (Å²) in [6, 6.07) is 12.9. The Balaban J connectivity index is 1.42. The zero-order valence-electron chi connectivity index (χ0n) is 19.2. The number of nitrogens with zero attached hydrogens (tertiary/aromatic N) is 1. The van der Waals surface area contributed by atoms with Gasteiger partial charge in [0.1, 0.15) is 11.4 Å². The van der Waals surface area contributed by atoms with Gasteiger partial charge < -0.3 is 10.1 Å². The Morgan fingerprint density at radius 1 is 1.03 bits per heavy atom. The van der Waals surface area contributed by atoms with E-state index in [1.54, 1.807) is 12.1 Å². The fraction of sp³-hybridized carbons (Fsp3) is 0.480. The molecule has 1 unspecified atom stereocenters. The van der Waals surface area contributed by atoms with E-state index in [2.05, 4.69) is 11.4 Å². The Labute approximate surface area is 191 Å². The summed E-state index contributed by atoms with van der Waals surface area (Å²) in [5.41, 5.74) is 2.79. The molecule has 2 aromatic carbocycles. The van der Waals surface area contributed by atoms with Crippen molar-refractivity contribution in [1.82, 2.24) is 9.62 Å². The minimum atomic E-state index is -3.53. The van der Waals surface area contributed by atoms with Gasteiger partial charge in [-0.25, -0.2) is 8.42 Å². The molecular weight excluding hydrogens is 424 g/mol. The predicted molar refractivity (Wildman–Crippen MR) is 124 cm³/mol. The first-order valence-corrected chi connectivity index (χ1v) is 12.7. The largest absolute Gasteiger partial charge is 0.487 e. The third-order valence-electron chi connectivity index (χ3n) is 6.42. The van der Waals surface area contributed by atoms with Gasteiger partial charge in [-0.2, -0.15) is 4.31 Å². The number of hydrogen-bond donors (Lipinski definition) is 1. The molecule has 0 aromatic heterocycles. The summed E-state index contributed by atoms with van der Waals surface area (Å²) >= 11 is 0. The smallest absolute Gasteiger partial charge is 0.243 e. The maximum atomic E-state index is 13.1. The number of carbonyl (C=O) groups is 1. The van der Waals surface area contributed by atoms with Crippen molar-refractivity contribution in [2.24, 2.45) is 5.92 Å². The standard InChI is InChI=1S/C25H32N2O4S/c1-17-5-8-20(9-6-17)32(29,30)27-13-11-19(12-14-27)24(28)26-22-16-25(3,4)31-23-10-7-18(2)15-21(22)23/h5-10,15,19,22H,11-14,16H2,1-4H3,(H,26,28). The van der Waals surface area contributed by atoms with Crippen LogP contribution >= 0.6 is 0 Å². The van der Waals surface area contributed by atoms with E-state index in [1.807, 2.05) is 52.0 Å². The highest BCUT2D eigenvalue weighted by Gasteiger charge is 2.37. The highest BCUT2D eigenvalue weighted by Crippen LogP contribution is 2.40. The molecule has 0 aliphatic carbocycles. The molecule has 2 aliphatic rings. The molecule has 2 heterocycles. The maximum absolute atomic E-state index is 13.1. The first kappa shape index (κ1) is 22.8. The van der Waals surface area contributed by atoms with E-state index in [9.17, 15) is 13.2 Å². The lowest BCUT2D eigenvalue weighted by atomic mass is 9.88. The van der Waals surface area contributed by atoms with Gasteiger partial charge in [0.05, 0.1) is 10.9 Å². The SMILES string of the molecule is Cc1ccc(S(=O)(=O)N2CCC(C(=O)NC3CC(C)(C)Oc4ccc(C)cc43)CC2)cc1. The number of ether oxygens (including phenoxy) is 1. The van der Waals surface area contributed by atoms with Gasteiger partial charge in [0.2, 0.25) is 15.9 Å². The third-order valence-corrected chi connectivity index (χ3v) is 8.34. The van der Waals surface area contributed by atoms with Crippen molar-refractivity contribution >= 4 is 15.9 Å². The predicted octanol–water partition coefficient (Wildman–Crippen LogP) is 4.12. The Morgan fingerprint density at radius 3 is 2.31 bits per heavy atom. The number of aryl methyl sites for hydroxylation is 2. The average molecular weight is 457 g/mol. The van der Waals surface area contributed by atoms with Crippen molar-refractivity contribution in [3.8, 4) is 5.75 Å². The van der Waals surface area contributed by atoms with Crippen LogP contribution in [0.5, 0.6) is 5.75 Å². The van der Waals surface area contributed by atoms with Crippen LogP contribution in [0.2, 0.25) is 0 Å². The van der Waals surface area contributed by atoms with Crippen molar-refractivity contribution in [2.75, 3.05) is 13.1 Å². The Hall–Kier alpha value is -2.38. The van der Waals surface area contributed by atoms with Crippen LogP contribution in [-0.2, 0) is 14.8 Å². The molecule has 0 bridgehead atoms. The molecule has 1 saturated heterocycles. The van der Waals surface area contributed by atoms with Crippen molar-refractivity contribution < 1.29 is 17.9 Å². The van der Waals surface area contributed by atoms with Gasteiger partial charge in [0, 0.05) is 31.0 Å². The second-order valence-electron chi connectivity index (χ2n) is 9.66. The van der Waals surface area contributed by atoms with E-state index >= 15 is 0 Å². The second kappa shape index (κ2) is 8.52. The van der Waals surface area contributed by atoms with E-state index in [-0.39, 0.29) is 23.5 Å². The summed E-state index contributed by atoms with van der Waals surface area (Å²) in [4.78, 5) is 13.4. The first-order chi connectivity index (χ1) is 15.0. The molecule has 6 nitrogen and oxygen atoms in total. The van der Waals surface area contributed by atoms with E-state index in [0.29, 0.717) is 37.2 Å². The summed E-state index contributed by atoms with van der Waals surface area (Å²) in [6.45, 7) is 8.72. The zero-order chi connectivity index (χ0) is 23.1. The molecule has 7 heteroatoms. The second-order valence-corrected chi connectivity index (χ2v) is 11.6. The maximum Gasteiger partial charge on any atom is 0.243 e. The summed E-state index contributed by atoms with van der Waals surface area (Å²) in [7, 11) is -3.53. The van der Waals surface area contributed by atoms with Gasteiger partial charge in [-0.1, -0.05) is 35.4 Å². The number of benzene rings is 2. The minimum absolute atomic E-state index is 0.00691. The van der Waals surface area contributed by atoms with Crippen LogP contribution in [0.25, 0.3) is 0 Å². The van der Waals surface area contributed by atoms with E-state index < -0.39 is 10.0 Å². The topological polar surface area (TPSA) is 75.7 Å². The fourth-order valence-corrected chi connectivity index (χ4v) is 6.08. The lowest BCUT2D eigenvalue weighted by molar-refractivity contribution is -0.127. The van der Waals surface area contributed by atoms with Crippen LogP contribution in [0.4, 0.5) is 0 Å². The molecule has 0 saturated carbocycles. The number of piperidine rings is 1. The number of fused-ring (bicyclic) bond motifs is 1. The number of sulfonamides is 1. The minimum Gasteiger partial charge on any atom is -0.487 e. The molecule has 2 aliphatic heterocycles. The van der Waals surface area contributed by atoms with Crippen molar-refractivity contribution in [3.05, 3.63) is 59.2 Å². The van der Waals surface area contributed by atoms with Crippen molar-refractivity contribution in [1.29, 1.82) is 0 Å². The van der Waals surface area contributed by atoms with E-state index in [1.165, 1.54) is 4.31 Å². The van der Waals surface area contributed by atoms with Crippen LogP contribution in [0.15, 0.2) is 47.4 Å². The molecule has 32 heavy (non-hydrogen) atoms. The molecule has 1 atom stereocenters. The molecule has 4 rings (SSSR count). The molecule has 0 radical (unpaired) electrons. The fourth-order valence-electron chi connectivity index (χ4n) is 4.61. The van der Waals surface area contributed by atoms with Crippen molar-refractivity contribution in [2.45, 2.75) is 63.5 Å². The number of nitrogens with one attached hydrogen (secondary N) is 1. The number of hydrogen-bond acceptors (Lipinski definition) is 4. The van der Waals surface area contributed by atoms with Crippen LogP contribution < -0.4 is 10.1 Å². The third kappa shape index (κ3) is 4.69. The van der Waals surface area contributed by atoms with Crippen LogP contribution in [0.1, 0.15) is 55.8 Å². The average Bonchev–Trinajstić information content (AvgIpc) is 2.74. The van der Waals surface area contributed by atoms with Crippen LogP contribution in [-0.4, -0.2) is 37.3 Å². The van der Waals surface area contributed by atoms with Gasteiger partial charge >= 0.3 is 0 Å². The summed E-state index contributed by atoms with van der Waals surface area (Å²) < 4.78 is 33.5. The normalized spacial score (nSPS) is 21.4. The quantitative estimate of drug-likeness (QED) is 0.751. The molecule has 0 spiro atoms. The molecule has 1 N–H and O–H groups in total. The molecule has 1 fully saturated rings. The lowest BCUT2D eigenvalue weighted by Gasteiger charge is -2.39. The molecule has 2 aromatic rings. The van der Waals surface area contributed by atoms with Gasteiger partial charge in [-0.3, -0.25) is 4.79 Å². The van der Waals surface area contributed by atoms with Gasteiger partial charge in [-0.15, -0.1) is 0 Å². The molecular formula is C25H32N2O4S. The van der Waals surface area contributed by atoms with Crippen LogP contribution in [0, 0.1) is 19.8 Å². The van der Waals surface area contributed by atoms with Crippen LogP contribution in [0.3, 0.4) is 0 Å². The summed E-state index contributed by atoms with van der Waals surface area (Å²) in [6.07, 6.45) is 1.73. The molecule has 1 amide bonds. The van der Waals surface area contributed by atoms with Gasteiger partial charge in [-0.05, 0) is 58.7 Å². The molecule has 172 valence electrons. The van der Waals surface area contributed by atoms with E-state index in [4.69, 9.17) is 4.74 Å². The lowest BCUT2D eigenvalue weighted by Crippen LogP contribution is -2.46. The summed E-state index contributed by atoms with van der Waals surface area (Å²) in [5.74, 6) is 0.613. The zero-order valence-corrected chi connectivity index (χ0v) is 20.0. The Morgan fingerprint density at radius 2 is 1.66 bits per heavy atom.